The van der Waals surface area contributed by atoms with E-state index >= 15 is 0 Å². The van der Waals surface area contributed by atoms with E-state index < -0.39 is 11.4 Å². The quantitative estimate of drug-likeness (QED) is 0.880. The van der Waals surface area contributed by atoms with Gasteiger partial charge in [-0.2, -0.15) is 0 Å². The fourth-order valence-corrected chi connectivity index (χ4v) is 2.52. The second-order valence-corrected chi connectivity index (χ2v) is 5.07. The number of benzene rings is 1. The zero-order valence-electron chi connectivity index (χ0n) is 10.3. The Labute approximate surface area is 106 Å². The Morgan fingerprint density at radius 1 is 1.47 bits per heavy atom. The first-order chi connectivity index (χ1) is 7.88. The number of rotatable bonds is 5. The van der Waals surface area contributed by atoms with Gasteiger partial charge in [-0.25, -0.2) is 0 Å². The van der Waals surface area contributed by atoms with Crippen LogP contribution in [0.15, 0.2) is 18.2 Å². The summed E-state index contributed by atoms with van der Waals surface area (Å²) in [6.45, 7) is 4.18. The molecule has 0 aliphatic heterocycles. The molecule has 4 heteroatoms. The minimum absolute atomic E-state index is 0.0352. The van der Waals surface area contributed by atoms with E-state index in [4.69, 9.17) is 21.4 Å². The molecule has 0 saturated carbocycles. The van der Waals surface area contributed by atoms with Crippen molar-refractivity contribution in [1.29, 1.82) is 0 Å². The molecule has 0 aliphatic carbocycles. The van der Waals surface area contributed by atoms with E-state index in [0.717, 1.165) is 11.1 Å². The van der Waals surface area contributed by atoms with Crippen LogP contribution in [0, 0.1) is 0 Å². The second-order valence-electron chi connectivity index (χ2n) is 4.66. The van der Waals surface area contributed by atoms with Crippen molar-refractivity contribution < 1.29 is 14.6 Å². The van der Waals surface area contributed by atoms with Crippen LogP contribution >= 0.6 is 11.6 Å². The van der Waals surface area contributed by atoms with Crippen LogP contribution in [0.2, 0.25) is 5.02 Å². The highest BCUT2D eigenvalue weighted by atomic mass is 35.5. The zero-order valence-corrected chi connectivity index (χ0v) is 11.0. The van der Waals surface area contributed by atoms with Gasteiger partial charge in [0.1, 0.15) is 0 Å². The van der Waals surface area contributed by atoms with Gasteiger partial charge in [-0.05, 0) is 17.2 Å². The van der Waals surface area contributed by atoms with Crippen molar-refractivity contribution in [2.75, 3.05) is 7.11 Å². The highest BCUT2D eigenvalue weighted by Gasteiger charge is 2.28. The lowest BCUT2D eigenvalue weighted by Crippen LogP contribution is -2.24. The van der Waals surface area contributed by atoms with Gasteiger partial charge in [-0.3, -0.25) is 4.79 Å². The standard InChI is InChI=1S/C13H17ClO3/c1-13(2,7-11(15)16)12-9(8-17-3)5-4-6-10(12)14/h4-6H,7-8H2,1-3H3,(H,15,16). The normalized spacial score (nSPS) is 11.5. The average molecular weight is 257 g/mol. The Morgan fingerprint density at radius 3 is 2.65 bits per heavy atom. The Morgan fingerprint density at radius 2 is 2.12 bits per heavy atom. The molecule has 0 heterocycles. The summed E-state index contributed by atoms with van der Waals surface area (Å²) in [5.41, 5.74) is 1.27. The zero-order chi connectivity index (χ0) is 13.1. The molecule has 0 bridgehead atoms. The molecular formula is C13H17ClO3. The van der Waals surface area contributed by atoms with Gasteiger partial charge >= 0.3 is 5.97 Å². The predicted molar refractivity (Wildman–Crippen MR) is 67.4 cm³/mol. The van der Waals surface area contributed by atoms with Gasteiger partial charge in [0.15, 0.2) is 0 Å². The van der Waals surface area contributed by atoms with Crippen LogP contribution in [-0.2, 0) is 21.6 Å². The smallest absolute Gasteiger partial charge is 0.304 e. The number of ether oxygens (including phenoxy) is 1. The van der Waals surface area contributed by atoms with E-state index in [0.29, 0.717) is 11.6 Å². The third kappa shape index (κ3) is 3.45. The van der Waals surface area contributed by atoms with E-state index in [1.54, 1.807) is 13.2 Å². The molecule has 0 radical (unpaired) electrons. The lowest BCUT2D eigenvalue weighted by Gasteiger charge is -2.27. The summed E-state index contributed by atoms with van der Waals surface area (Å²) in [7, 11) is 1.61. The average Bonchev–Trinajstić information content (AvgIpc) is 2.15. The number of carboxylic acids is 1. The van der Waals surface area contributed by atoms with Crippen molar-refractivity contribution in [1.82, 2.24) is 0 Å². The first-order valence-corrected chi connectivity index (χ1v) is 5.75. The van der Waals surface area contributed by atoms with Crippen LogP contribution in [0.25, 0.3) is 0 Å². The summed E-state index contributed by atoms with van der Waals surface area (Å²) in [4.78, 5) is 10.9. The van der Waals surface area contributed by atoms with Gasteiger partial charge in [0.25, 0.3) is 0 Å². The minimum Gasteiger partial charge on any atom is -0.481 e. The maximum absolute atomic E-state index is 10.9. The van der Waals surface area contributed by atoms with E-state index in [1.807, 2.05) is 26.0 Å². The molecular weight excluding hydrogens is 240 g/mol. The monoisotopic (exact) mass is 256 g/mol. The molecule has 1 aromatic carbocycles. The first-order valence-electron chi connectivity index (χ1n) is 5.37. The van der Waals surface area contributed by atoms with Gasteiger partial charge in [-0.15, -0.1) is 0 Å². The Kier molecular flexibility index (Phi) is 4.54. The Hall–Kier alpha value is -1.06. The van der Waals surface area contributed by atoms with Gasteiger partial charge in [-0.1, -0.05) is 37.6 Å². The lowest BCUT2D eigenvalue weighted by molar-refractivity contribution is -0.138. The highest BCUT2D eigenvalue weighted by molar-refractivity contribution is 6.31. The summed E-state index contributed by atoms with van der Waals surface area (Å²) in [6, 6.07) is 5.53. The Bertz CT molecular complexity index is 413. The number of hydrogen-bond donors (Lipinski definition) is 1. The lowest BCUT2D eigenvalue weighted by atomic mass is 9.79. The molecule has 1 rings (SSSR count). The minimum atomic E-state index is -0.835. The van der Waals surface area contributed by atoms with Crippen LogP contribution in [0.3, 0.4) is 0 Å². The molecule has 0 unspecified atom stereocenters. The van der Waals surface area contributed by atoms with Gasteiger partial charge in [0, 0.05) is 17.5 Å². The topological polar surface area (TPSA) is 46.5 Å². The van der Waals surface area contributed by atoms with Crippen molar-refractivity contribution >= 4 is 17.6 Å². The molecule has 0 aromatic heterocycles. The van der Waals surface area contributed by atoms with Crippen molar-refractivity contribution in [2.24, 2.45) is 0 Å². The fraction of sp³-hybridized carbons (Fsp3) is 0.462. The van der Waals surface area contributed by atoms with Crippen LogP contribution in [-0.4, -0.2) is 18.2 Å². The molecule has 0 atom stereocenters. The largest absolute Gasteiger partial charge is 0.481 e. The molecule has 0 amide bonds. The van der Waals surface area contributed by atoms with E-state index in [2.05, 4.69) is 0 Å². The van der Waals surface area contributed by atoms with Crippen LogP contribution in [0.1, 0.15) is 31.4 Å². The molecule has 94 valence electrons. The summed E-state index contributed by atoms with van der Waals surface area (Å²) < 4.78 is 5.12. The Balaban J connectivity index is 3.22. The van der Waals surface area contributed by atoms with Crippen molar-refractivity contribution in [3.8, 4) is 0 Å². The fourth-order valence-electron chi connectivity index (χ4n) is 2.07. The van der Waals surface area contributed by atoms with Gasteiger partial charge in [0.05, 0.1) is 13.0 Å². The molecule has 17 heavy (non-hydrogen) atoms. The summed E-state index contributed by atoms with van der Waals surface area (Å²) in [5.74, 6) is -0.835. The number of halogens is 1. The molecule has 0 spiro atoms. The van der Waals surface area contributed by atoms with E-state index in [9.17, 15) is 4.79 Å². The van der Waals surface area contributed by atoms with Gasteiger partial charge in [0.2, 0.25) is 0 Å². The first kappa shape index (κ1) is 14.0. The predicted octanol–water partition coefficient (Wildman–Crippen LogP) is 3.24. The van der Waals surface area contributed by atoms with Crippen LogP contribution in [0.5, 0.6) is 0 Å². The van der Waals surface area contributed by atoms with E-state index in [-0.39, 0.29) is 6.42 Å². The number of methoxy groups -OCH3 is 1. The maximum atomic E-state index is 10.9. The summed E-state index contributed by atoms with van der Waals surface area (Å²) in [6.07, 6.45) is 0.0352. The molecule has 3 nitrogen and oxygen atoms in total. The van der Waals surface area contributed by atoms with E-state index in [1.165, 1.54) is 0 Å². The third-order valence-corrected chi connectivity index (χ3v) is 2.98. The van der Waals surface area contributed by atoms with Crippen molar-refractivity contribution in [2.45, 2.75) is 32.3 Å². The maximum Gasteiger partial charge on any atom is 0.304 e. The summed E-state index contributed by atoms with van der Waals surface area (Å²) in [5, 5.41) is 9.54. The number of hydrogen-bond acceptors (Lipinski definition) is 2. The van der Waals surface area contributed by atoms with Gasteiger partial charge < -0.3 is 9.84 Å². The van der Waals surface area contributed by atoms with Crippen LogP contribution < -0.4 is 0 Å². The summed E-state index contributed by atoms with van der Waals surface area (Å²) >= 11 is 6.18. The highest BCUT2D eigenvalue weighted by Crippen LogP contribution is 2.35. The number of carbonyl (C=O) groups is 1. The second kappa shape index (κ2) is 5.52. The molecule has 0 aliphatic rings. The van der Waals surface area contributed by atoms with Crippen molar-refractivity contribution in [3.05, 3.63) is 34.3 Å². The van der Waals surface area contributed by atoms with Crippen molar-refractivity contribution in [3.63, 3.8) is 0 Å². The molecule has 1 N–H and O–H groups in total. The molecule has 1 aromatic rings. The number of aliphatic carboxylic acids is 1. The third-order valence-electron chi connectivity index (χ3n) is 2.67. The molecule has 0 fully saturated rings. The van der Waals surface area contributed by atoms with Crippen LogP contribution in [0.4, 0.5) is 0 Å². The molecule has 0 saturated heterocycles. The SMILES string of the molecule is COCc1cccc(Cl)c1C(C)(C)CC(=O)O. The number of carboxylic acid groups (broad SMARTS) is 1.